The van der Waals surface area contributed by atoms with Crippen LogP contribution in [0.5, 0.6) is 5.75 Å². The lowest BCUT2D eigenvalue weighted by Crippen LogP contribution is -2.54. The van der Waals surface area contributed by atoms with Crippen molar-refractivity contribution in [2.75, 3.05) is 13.2 Å². The largest absolute Gasteiger partial charge is 0.505 e. The van der Waals surface area contributed by atoms with Gasteiger partial charge in [-0.2, -0.15) is 0 Å². The number of benzene rings is 1. The van der Waals surface area contributed by atoms with E-state index in [1.165, 1.54) is 17.0 Å². The van der Waals surface area contributed by atoms with Crippen molar-refractivity contribution in [2.45, 2.75) is 38.1 Å². The molecule has 0 bridgehead atoms. The molecule has 28 heavy (non-hydrogen) atoms. The lowest BCUT2D eigenvalue weighted by molar-refractivity contribution is -0.274. The number of phenolic OH excluding ortho intramolecular Hbond substituents is 1. The predicted octanol–water partition coefficient (Wildman–Crippen LogP) is 1.32. The maximum atomic E-state index is 13.8. The fraction of sp³-hybridized carbons (Fsp3) is 0.600. The summed E-state index contributed by atoms with van der Waals surface area (Å²) in [4.78, 5) is 26.9. The molecule has 1 aliphatic carbocycles. The van der Waals surface area contributed by atoms with Crippen molar-refractivity contribution in [1.29, 1.82) is 0 Å². The first-order valence-electron chi connectivity index (χ1n) is 9.66. The average Bonchev–Trinajstić information content (AvgIpc) is 3.13. The Balaban J connectivity index is 1.69. The number of carbonyl (C=O) groups excluding carboxylic acids is 2. The molecule has 2 aliphatic heterocycles. The molecule has 6 atom stereocenters. The zero-order chi connectivity index (χ0) is 20.2. The number of aromatic hydroxyl groups is 1. The third kappa shape index (κ3) is 2.66. The number of rotatable bonds is 4. The van der Waals surface area contributed by atoms with E-state index in [1.54, 1.807) is 0 Å². The van der Waals surface area contributed by atoms with Crippen LogP contribution in [-0.4, -0.2) is 51.0 Å². The summed E-state index contributed by atoms with van der Waals surface area (Å²) in [5, 5.41) is 30.5. The van der Waals surface area contributed by atoms with E-state index in [0.29, 0.717) is 18.5 Å². The number of phenols is 1. The minimum atomic E-state index is -1.77. The number of likely N-dealkylation sites (tertiary alicyclic amines) is 1. The topological polar surface area (TPSA) is 107 Å². The Bertz CT molecular complexity index is 816. The number of imide groups is 1. The second-order valence-electron chi connectivity index (χ2n) is 7.99. The van der Waals surface area contributed by atoms with Crippen molar-refractivity contribution in [3.63, 3.8) is 0 Å². The summed E-state index contributed by atoms with van der Waals surface area (Å²) in [6, 6.07) is 3.84. The number of fused-ring (bicyclic) bond motifs is 3. The molecule has 0 unspecified atom stereocenters. The molecule has 3 fully saturated rings. The van der Waals surface area contributed by atoms with Gasteiger partial charge in [-0.25, -0.2) is 4.39 Å². The van der Waals surface area contributed by atoms with Gasteiger partial charge in [0.05, 0.1) is 24.5 Å². The monoisotopic (exact) mass is 393 g/mol. The van der Waals surface area contributed by atoms with Crippen molar-refractivity contribution in [2.24, 2.45) is 23.7 Å². The number of halogens is 1. The smallest absolute Gasteiger partial charge is 0.233 e. The van der Waals surface area contributed by atoms with Gasteiger partial charge in [0.15, 0.2) is 17.4 Å². The van der Waals surface area contributed by atoms with E-state index >= 15 is 0 Å². The van der Waals surface area contributed by atoms with E-state index in [4.69, 9.17) is 4.74 Å². The van der Waals surface area contributed by atoms with E-state index in [9.17, 15) is 29.3 Å². The summed E-state index contributed by atoms with van der Waals surface area (Å²) in [7, 11) is 0. The molecule has 1 saturated carbocycles. The molecule has 8 heteroatoms. The van der Waals surface area contributed by atoms with Gasteiger partial charge in [-0.3, -0.25) is 14.5 Å². The summed E-state index contributed by atoms with van der Waals surface area (Å²) >= 11 is 0. The van der Waals surface area contributed by atoms with Crippen LogP contribution in [0.3, 0.4) is 0 Å². The summed E-state index contributed by atoms with van der Waals surface area (Å²) in [5.41, 5.74) is 0.425. The highest BCUT2D eigenvalue weighted by molar-refractivity contribution is 6.05. The van der Waals surface area contributed by atoms with Gasteiger partial charge in [0.1, 0.15) is 0 Å². The molecule has 2 saturated heterocycles. The summed E-state index contributed by atoms with van der Waals surface area (Å²) < 4.78 is 19.7. The molecule has 0 aromatic heterocycles. The normalized spacial score (nSPS) is 37.3. The predicted molar refractivity (Wildman–Crippen MR) is 94.1 cm³/mol. The highest BCUT2D eigenvalue weighted by Crippen LogP contribution is 2.58. The number of aliphatic hydroxyl groups excluding tert-OH is 1. The molecular weight excluding hydrogens is 369 g/mol. The first-order valence-corrected chi connectivity index (χ1v) is 9.66. The third-order valence-corrected chi connectivity index (χ3v) is 6.47. The Morgan fingerprint density at radius 1 is 1.29 bits per heavy atom. The Morgan fingerprint density at radius 3 is 2.68 bits per heavy atom. The van der Waals surface area contributed by atoms with Crippen LogP contribution in [-0.2, 0) is 14.3 Å². The molecule has 152 valence electrons. The van der Waals surface area contributed by atoms with E-state index in [2.05, 4.69) is 0 Å². The van der Waals surface area contributed by atoms with Crippen LogP contribution < -0.4 is 0 Å². The second-order valence-corrected chi connectivity index (χ2v) is 7.99. The SMILES string of the molecule is CCCN1C(=O)[C@H]2[C@H](C[C@H](CO)[C@@]3(O)O[C@H](c4ccc(O)c(F)c4)C[C@@H]23)C1=O. The van der Waals surface area contributed by atoms with Gasteiger partial charge in [-0.1, -0.05) is 13.0 Å². The molecule has 1 aromatic carbocycles. The van der Waals surface area contributed by atoms with Gasteiger partial charge in [0, 0.05) is 18.4 Å². The number of amides is 2. The van der Waals surface area contributed by atoms with Crippen LogP contribution in [0.2, 0.25) is 0 Å². The molecular formula is C20H24FNO6. The standard InChI is InChI=1S/C20H24FNO6/c1-2-5-22-18(25)12-7-11(9-23)20(27)13(17(12)19(22)26)8-16(28-20)10-3-4-15(24)14(21)6-10/h3-4,6,11-13,16-17,23-24,27H,2,5,7-9H2,1H3/t11-,12+,13+,16+,17+,20-/m1/s1. The molecule has 3 aliphatic rings. The highest BCUT2D eigenvalue weighted by Gasteiger charge is 2.66. The van der Waals surface area contributed by atoms with Crippen LogP contribution in [0.15, 0.2) is 18.2 Å². The molecule has 3 N–H and O–H groups in total. The summed E-state index contributed by atoms with van der Waals surface area (Å²) in [5.74, 6) is -6.31. The third-order valence-electron chi connectivity index (χ3n) is 6.47. The van der Waals surface area contributed by atoms with Gasteiger partial charge < -0.3 is 20.1 Å². The maximum absolute atomic E-state index is 13.8. The second kappa shape index (κ2) is 6.79. The molecule has 2 heterocycles. The fourth-order valence-electron chi connectivity index (χ4n) is 5.13. The van der Waals surface area contributed by atoms with Crippen LogP contribution in [0.25, 0.3) is 0 Å². The van der Waals surface area contributed by atoms with Gasteiger partial charge in [0.2, 0.25) is 11.8 Å². The number of carbonyl (C=O) groups is 2. The number of nitrogens with zero attached hydrogens (tertiary/aromatic N) is 1. The van der Waals surface area contributed by atoms with Crippen molar-refractivity contribution in [1.82, 2.24) is 4.90 Å². The maximum Gasteiger partial charge on any atom is 0.233 e. The van der Waals surface area contributed by atoms with Gasteiger partial charge in [0.25, 0.3) is 0 Å². The quantitative estimate of drug-likeness (QED) is 0.666. The average molecular weight is 393 g/mol. The Morgan fingerprint density at radius 2 is 2.04 bits per heavy atom. The Kier molecular flexibility index (Phi) is 4.68. The van der Waals surface area contributed by atoms with Crippen LogP contribution in [0.4, 0.5) is 4.39 Å². The van der Waals surface area contributed by atoms with E-state index in [1.807, 2.05) is 6.92 Å². The molecule has 1 aromatic rings. The van der Waals surface area contributed by atoms with Crippen LogP contribution in [0, 0.1) is 29.5 Å². The van der Waals surface area contributed by atoms with Crippen molar-refractivity contribution < 1.29 is 34.0 Å². The van der Waals surface area contributed by atoms with Gasteiger partial charge in [-0.05, 0) is 37.0 Å². The molecule has 0 radical (unpaired) electrons. The zero-order valence-electron chi connectivity index (χ0n) is 15.5. The van der Waals surface area contributed by atoms with Gasteiger partial charge in [-0.15, -0.1) is 0 Å². The first kappa shape index (κ1) is 19.3. The minimum absolute atomic E-state index is 0.162. The number of hydrogen-bond donors (Lipinski definition) is 3. The van der Waals surface area contributed by atoms with Crippen molar-refractivity contribution >= 4 is 11.8 Å². The lowest BCUT2D eigenvalue weighted by atomic mass is 9.64. The first-order chi connectivity index (χ1) is 13.3. The Labute approximate surface area is 161 Å². The molecule has 7 nitrogen and oxygen atoms in total. The summed E-state index contributed by atoms with van der Waals surface area (Å²) in [6.07, 6.45) is 0.315. The minimum Gasteiger partial charge on any atom is -0.505 e. The molecule has 0 spiro atoms. The summed E-state index contributed by atoms with van der Waals surface area (Å²) in [6.45, 7) is 1.82. The van der Waals surface area contributed by atoms with E-state index < -0.39 is 47.1 Å². The molecule has 4 rings (SSSR count). The number of ether oxygens (including phenoxy) is 1. The number of aliphatic hydroxyl groups is 2. The van der Waals surface area contributed by atoms with E-state index in [-0.39, 0.29) is 31.3 Å². The zero-order valence-corrected chi connectivity index (χ0v) is 15.5. The fourth-order valence-corrected chi connectivity index (χ4v) is 5.13. The van der Waals surface area contributed by atoms with Crippen LogP contribution >= 0.6 is 0 Å². The lowest BCUT2D eigenvalue weighted by Gasteiger charge is -2.44. The number of hydrogen-bond acceptors (Lipinski definition) is 6. The van der Waals surface area contributed by atoms with Crippen LogP contribution in [0.1, 0.15) is 37.9 Å². The van der Waals surface area contributed by atoms with Gasteiger partial charge >= 0.3 is 0 Å². The highest BCUT2D eigenvalue weighted by atomic mass is 19.1. The molecule has 2 amide bonds. The van der Waals surface area contributed by atoms with Crippen molar-refractivity contribution in [3.8, 4) is 5.75 Å². The van der Waals surface area contributed by atoms with Crippen molar-refractivity contribution in [3.05, 3.63) is 29.6 Å². The van der Waals surface area contributed by atoms with E-state index in [0.717, 1.165) is 6.07 Å². The Hall–Kier alpha value is -2.03.